The third-order valence-corrected chi connectivity index (χ3v) is 6.54. The fraction of sp³-hybridized carbons (Fsp3) is 0.333. The number of aryl methyl sites for hydroxylation is 1. The van der Waals surface area contributed by atoms with E-state index in [2.05, 4.69) is 54.1 Å². The molecule has 5 rings (SSSR count). The third-order valence-electron chi connectivity index (χ3n) is 6.54. The van der Waals surface area contributed by atoms with E-state index in [9.17, 15) is 4.79 Å². The monoisotopic (exact) mass is 441 g/mol. The van der Waals surface area contributed by atoms with Crippen molar-refractivity contribution >= 4 is 17.0 Å². The quantitative estimate of drug-likeness (QED) is 0.445. The lowest BCUT2D eigenvalue weighted by Gasteiger charge is -2.15. The van der Waals surface area contributed by atoms with E-state index in [1.807, 2.05) is 35.3 Å². The number of hydrogen-bond acceptors (Lipinski definition) is 3. The number of aromatic nitrogens is 4. The number of H-pyrrole nitrogens is 1. The molecule has 0 fully saturated rings. The molecule has 6 heteroatoms. The van der Waals surface area contributed by atoms with Crippen LogP contribution in [0.1, 0.15) is 37.9 Å². The first-order valence-electron chi connectivity index (χ1n) is 11.8. The Balaban J connectivity index is 1.39. The zero-order valence-corrected chi connectivity index (χ0v) is 19.6. The molecule has 0 unspecified atom stereocenters. The molecule has 0 amide bonds. The normalized spacial score (nSPS) is 13.5. The summed E-state index contributed by atoms with van der Waals surface area (Å²) in [5.74, 6) is 0. The summed E-state index contributed by atoms with van der Waals surface area (Å²) >= 11 is 0. The van der Waals surface area contributed by atoms with E-state index in [1.54, 1.807) is 10.6 Å². The van der Waals surface area contributed by atoms with Crippen LogP contribution < -0.4 is 5.56 Å². The first-order valence-corrected chi connectivity index (χ1v) is 11.8. The Bertz CT molecular complexity index is 1390. The molecule has 0 saturated carbocycles. The number of aromatic amines is 1. The highest BCUT2D eigenvalue weighted by Gasteiger charge is 2.14. The highest BCUT2D eigenvalue weighted by atomic mass is 16.1. The fourth-order valence-electron chi connectivity index (χ4n) is 4.69. The smallest absolute Gasteiger partial charge is 0.255 e. The highest BCUT2D eigenvalue weighted by molar-refractivity contribution is 5.81. The number of nitrogens with one attached hydrogen (secondary N) is 1. The van der Waals surface area contributed by atoms with Gasteiger partial charge >= 0.3 is 0 Å². The van der Waals surface area contributed by atoms with Crippen LogP contribution in [-0.4, -0.2) is 44.4 Å². The fourth-order valence-corrected chi connectivity index (χ4v) is 4.69. The molecule has 1 aliphatic rings. The van der Waals surface area contributed by atoms with Gasteiger partial charge in [-0.3, -0.25) is 14.0 Å². The first kappa shape index (κ1) is 21.5. The van der Waals surface area contributed by atoms with Crippen molar-refractivity contribution in [3.8, 4) is 16.9 Å². The summed E-state index contributed by atoms with van der Waals surface area (Å²) < 4.78 is 3.74. The minimum Gasteiger partial charge on any atom is -0.358 e. The Morgan fingerprint density at radius 3 is 2.82 bits per heavy atom. The summed E-state index contributed by atoms with van der Waals surface area (Å²) in [4.78, 5) is 18.8. The first-order chi connectivity index (χ1) is 16.0. The van der Waals surface area contributed by atoms with E-state index >= 15 is 0 Å². The highest BCUT2D eigenvalue weighted by Crippen LogP contribution is 2.28. The number of allylic oxidation sites excluding steroid dienone is 1. The molecule has 0 bridgehead atoms. The molecule has 6 nitrogen and oxygen atoms in total. The van der Waals surface area contributed by atoms with Gasteiger partial charge in [-0.1, -0.05) is 18.6 Å². The van der Waals surface area contributed by atoms with Crippen molar-refractivity contribution in [1.29, 1.82) is 0 Å². The van der Waals surface area contributed by atoms with Crippen molar-refractivity contribution in [2.75, 3.05) is 20.1 Å². The van der Waals surface area contributed by atoms with Crippen molar-refractivity contribution < 1.29 is 0 Å². The van der Waals surface area contributed by atoms with Crippen LogP contribution >= 0.6 is 0 Å². The number of rotatable bonds is 7. The molecule has 170 valence electrons. The van der Waals surface area contributed by atoms with Crippen LogP contribution in [0, 0.1) is 0 Å². The molecule has 1 N–H and O–H groups in total. The second-order valence-corrected chi connectivity index (χ2v) is 9.15. The van der Waals surface area contributed by atoms with E-state index in [-0.39, 0.29) is 5.56 Å². The second kappa shape index (κ2) is 8.87. The zero-order chi connectivity index (χ0) is 22.9. The van der Waals surface area contributed by atoms with E-state index in [4.69, 9.17) is 0 Å². The van der Waals surface area contributed by atoms with Crippen molar-refractivity contribution in [2.45, 2.75) is 39.7 Å². The van der Waals surface area contributed by atoms with Gasteiger partial charge in [-0.2, -0.15) is 5.10 Å². The second-order valence-electron chi connectivity index (χ2n) is 9.15. The molecule has 1 aromatic carbocycles. The molecule has 0 saturated heterocycles. The van der Waals surface area contributed by atoms with Gasteiger partial charge in [-0.05, 0) is 75.7 Å². The zero-order valence-electron chi connectivity index (χ0n) is 19.6. The molecular weight excluding hydrogens is 410 g/mol. The lowest BCUT2D eigenvalue weighted by atomic mass is 9.99. The van der Waals surface area contributed by atoms with Gasteiger partial charge in [0, 0.05) is 46.8 Å². The molecule has 1 aliphatic carbocycles. The van der Waals surface area contributed by atoms with Gasteiger partial charge in [0.1, 0.15) is 0 Å². The molecule has 33 heavy (non-hydrogen) atoms. The third kappa shape index (κ3) is 4.31. The average Bonchev–Trinajstić information content (AvgIpc) is 3.41. The topological polar surface area (TPSA) is 58.9 Å². The summed E-state index contributed by atoms with van der Waals surface area (Å²) in [6.07, 6.45) is 9.24. The summed E-state index contributed by atoms with van der Waals surface area (Å²) in [6, 6.07) is 12.0. The van der Waals surface area contributed by atoms with Crippen molar-refractivity contribution in [1.82, 2.24) is 24.2 Å². The summed E-state index contributed by atoms with van der Waals surface area (Å²) in [7, 11) is 2.14. The van der Waals surface area contributed by atoms with Crippen LogP contribution in [0.2, 0.25) is 0 Å². The van der Waals surface area contributed by atoms with E-state index in [0.717, 1.165) is 66.7 Å². The van der Waals surface area contributed by atoms with Gasteiger partial charge in [0.05, 0.1) is 18.3 Å². The summed E-state index contributed by atoms with van der Waals surface area (Å²) in [5, 5.41) is 5.61. The molecule has 0 spiro atoms. The summed E-state index contributed by atoms with van der Waals surface area (Å²) in [6.45, 7) is 7.26. The van der Waals surface area contributed by atoms with Gasteiger partial charge in [-0.15, -0.1) is 0 Å². The SMILES string of the molecule is CCCN(C)CCn1ncc2cc(-n3ccc(-c4cc5c([nH]4)CCC(C)=C5)cc3=O)ccc21. The lowest BCUT2D eigenvalue weighted by Crippen LogP contribution is -2.24. The average molecular weight is 442 g/mol. The van der Waals surface area contributed by atoms with Gasteiger partial charge in [0.25, 0.3) is 5.56 Å². The van der Waals surface area contributed by atoms with Gasteiger partial charge in [0.15, 0.2) is 0 Å². The maximum Gasteiger partial charge on any atom is 0.255 e. The number of nitrogens with zero attached hydrogens (tertiary/aromatic N) is 4. The minimum absolute atomic E-state index is 0.0419. The van der Waals surface area contributed by atoms with Crippen LogP contribution in [0.15, 0.2) is 59.2 Å². The predicted molar refractivity (Wildman–Crippen MR) is 135 cm³/mol. The molecule has 0 aliphatic heterocycles. The molecule has 4 aromatic rings. The number of likely N-dealkylation sites (N-methyl/N-ethyl adjacent to an activating group) is 1. The lowest BCUT2D eigenvalue weighted by molar-refractivity contribution is 0.315. The molecule has 3 aromatic heterocycles. The Morgan fingerprint density at radius 1 is 1.12 bits per heavy atom. The van der Waals surface area contributed by atoms with E-state index < -0.39 is 0 Å². The number of pyridine rings is 1. The van der Waals surface area contributed by atoms with Gasteiger partial charge in [-0.25, -0.2) is 0 Å². The van der Waals surface area contributed by atoms with Gasteiger partial charge in [0.2, 0.25) is 0 Å². The van der Waals surface area contributed by atoms with Crippen molar-refractivity contribution in [3.05, 3.63) is 76.0 Å². The van der Waals surface area contributed by atoms with Gasteiger partial charge < -0.3 is 9.88 Å². The van der Waals surface area contributed by atoms with Crippen LogP contribution in [0.5, 0.6) is 0 Å². The van der Waals surface area contributed by atoms with Crippen molar-refractivity contribution in [3.63, 3.8) is 0 Å². The van der Waals surface area contributed by atoms with Crippen molar-refractivity contribution in [2.24, 2.45) is 0 Å². The molecule has 0 radical (unpaired) electrons. The Labute approximate surface area is 194 Å². The molecular formula is C27H31N5O. The number of benzene rings is 1. The van der Waals surface area contributed by atoms with Crippen LogP contribution in [-0.2, 0) is 13.0 Å². The Morgan fingerprint density at radius 2 is 2.00 bits per heavy atom. The van der Waals surface area contributed by atoms with E-state index in [0.29, 0.717) is 0 Å². The van der Waals surface area contributed by atoms with Crippen LogP contribution in [0.25, 0.3) is 33.9 Å². The molecule has 3 heterocycles. The largest absolute Gasteiger partial charge is 0.358 e. The molecule has 0 atom stereocenters. The summed E-state index contributed by atoms with van der Waals surface area (Å²) in [5.41, 5.74) is 7.71. The van der Waals surface area contributed by atoms with Crippen LogP contribution in [0.4, 0.5) is 0 Å². The number of hydrogen-bond donors (Lipinski definition) is 1. The standard InChI is InChI=1S/C27H31N5O/c1-4-10-30(3)12-13-32-26-8-6-23(15-22(26)18-28-32)31-11-9-20(17-27(31)33)25-16-21-14-19(2)5-7-24(21)29-25/h6,8-9,11,14-18,29H,4-5,7,10,12-13H2,1-3H3. The maximum absolute atomic E-state index is 13.0. The Hall–Kier alpha value is -3.38. The Kier molecular flexibility index (Phi) is 5.77. The minimum atomic E-state index is -0.0419. The number of fused-ring (bicyclic) bond motifs is 2. The van der Waals surface area contributed by atoms with Crippen LogP contribution in [0.3, 0.4) is 0 Å². The maximum atomic E-state index is 13.0. The predicted octanol–water partition coefficient (Wildman–Crippen LogP) is 4.87. The van der Waals surface area contributed by atoms with E-state index in [1.165, 1.54) is 16.8 Å².